The van der Waals surface area contributed by atoms with Gasteiger partial charge in [0.1, 0.15) is 0 Å². The van der Waals surface area contributed by atoms with Crippen LogP contribution in [0.4, 0.5) is 0 Å². The summed E-state index contributed by atoms with van der Waals surface area (Å²) in [5, 5.41) is 3.81. The number of hydrogen-bond donors (Lipinski definition) is 0. The lowest BCUT2D eigenvalue weighted by Gasteiger charge is -2.08. The minimum atomic E-state index is 0.972. The molecule has 4 heteroatoms. The highest BCUT2D eigenvalue weighted by Gasteiger charge is 2.18. The summed E-state index contributed by atoms with van der Waals surface area (Å²) in [7, 11) is 0. The van der Waals surface area contributed by atoms with Gasteiger partial charge in [-0.2, -0.15) is 0 Å². The molecule has 4 aromatic heterocycles. The van der Waals surface area contributed by atoms with Crippen LogP contribution in [0.3, 0.4) is 0 Å². The van der Waals surface area contributed by atoms with Crippen molar-refractivity contribution < 1.29 is 0 Å². The van der Waals surface area contributed by atoms with E-state index in [-0.39, 0.29) is 0 Å². The molecule has 0 bridgehead atoms. The van der Waals surface area contributed by atoms with E-state index in [1.807, 2.05) is 48.0 Å². The zero-order valence-electron chi connectivity index (χ0n) is 17.1. The van der Waals surface area contributed by atoms with E-state index in [9.17, 15) is 0 Å². The van der Waals surface area contributed by atoms with Crippen LogP contribution in [-0.4, -0.2) is 14.5 Å². The molecule has 4 heterocycles. The van der Waals surface area contributed by atoms with Gasteiger partial charge in [0, 0.05) is 37.3 Å². The summed E-state index contributed by atoms with van der Waals surface area (Å²) in [4.78, 5) is 9.58. The molecule has 0 unspecified atom stereocenters. The van der Waals surface area contributed by atoms with Crippen LogP contribution in [0.2, 0.25) is 0 Å². The SMILES string of the molecule is c1ccc(-c2ccc(-n3c4cccnc4c4c5sc6ccccc6c5ccc43)cn2)cc1. The molecule has 3 nitrogen and oxygen atoms in total. The average Bonchev–Trinajstić information content (AvgIpc) is 3.40. The number of nitrogens with zero attached hydrogens (tertiary/aromatic N) is 3. The second kappa shape index (κ2) is 6.74. The van der Waals surface area contributed by atoms with E-state index in [0.717, 1.165) is 33.5 Å². The molecule has 0 aliphatic rings. The summed E-state index contributed by atoms with van der Waals surface area (Å²) in [5.74, 6) is 0. The first-order valence-electron chi connectivity index (χ1n) is 10.6. The first-order chi connectivity index (χ1) is 15.9. The Kier molecular flexibility index (Phi) is 3.72. The van der Waals surface area contributed by atoms with Crippen molar-refractivity contribution in [3.05, 3.63) is 103 Å². The Hall–Kier alpha value is -4.02. The van der Waals surface area contributed by atoms with E-state index in [2.05, 4.69) is 71.3 Å². The number of pyridine rings is 2. The van der Waals surface area contributed by atoms with Crippen LogP contribution in [0.1, 0.15) is 0 Å². The number of fused-ring (bicyclic) bond motifs is 7. The lowest BCUT2D eigenvalue weighted by Crippen LogP contribution is -1.95. The summed E-state index contributed by atoms with van der Waals surface area (Å²) in [6, 6.07) is 31.8. The Morgan fingerprint density at radius 1 is 0.656 bits per heavy atom. The van der Waals surface area contributed by atoms with Gasteiger partial charge in [-0.25, -0.2) is 0 Å². The number of thiophene rings is 1. The van der Waals surface area contributed by atoms with Crippen molar-refractivity contribution in [1.29, 1.82) is 0 Å². The number of benzene rings is 3. The number of aromatic nitrogens is 3. The lowest BCUT2D eigenvalue weighted by molar-refractivity contribution is 1.14. The van der Waals surface area contributed by atoms with E-state index in [1.165, 1.54) is 25.6 Å². The molecule has 0 saturated heterocycles. The fourth-order valence-electron chi connectivity index (χ4n) is 4.67. The third-order valence-corrected chi connectivity index (χ3v) is 7.31. The van der Waals surface area contributed by atoms with Crippen molar-refractivity contribution in [3.63, 3.8) is 0 Å². The highest BCUT2D eigenvalue weighted by Crippen LogP contribution is 2.42. The van der Waals surface area contributed by atoms with Gasteiger partial charge >= 0.3 is 0 Å². The van der Waals surface area contributed by atoms with Crippen molar-refractivity contribution >= 4 is 53.4 Å². The molecule has 0 spiro atoms. The maximum absolute atomic E-state index is 4.81. The predicted molar refractivity (Wildman–Crippen MR) is 135 cm³/mol. The number of hydrogen-bond acceptors (Lipinski definition) is 3. The van der Waals surface area contributed by atoms with Crippen LogP contribution in [0.25, 0.3) is 59.1 Å². The van der Waals surface area contributed by atoms with Crippen molar-refractivity contribution in [2.75, 3.05) is 0 Å². The van der Waals surface area contributed by atoms with Gasteiger partial charge in [-0.1, -0.05) is 54.6 Å². The quantitative estimate of drug-likeness (QED) is 0.284. The van der Waals surface area contributed by atoms with Crippen molar-refractivity contribution in [1.82, 2.24) is 14.5 Å². The average molecular weight is 428 g/mol. The van der Waals surface area contributed by atoms with Gasteiger partial charge in [-0.05, 0) is 36.4 Å². The molecule has 150 valence electrons. The van der Waals surface area contributed by atoms with Gasteiger partial charge in [-0.3, -0.25) is 9.97 Å². The molecule has 0 amide bonds. The molecule has 0 saturated carbocycles. The van der Waals surface area contributed by atoms with Crippen molar-refractivity contribution in [2.45, 2.75) is 0 Å². The van der Waals surface area contributed by atoms with Gasteiger partial charge in [-0.15, -0.1) is 11.3 Å². The van der Waals surface area contributed by atoms with Gasteiger partial charge < -0.3 is 4.57 Å². The maximum atomic E-state index is 4.81. The molecule has 3 aromatic carbocycles. The summed E-state index contributed by atoms with van der Waals surface area (Å²) in [6.07, 6.45) is 3.85. The van der Waals surface area contributed by atoms with Crippen molar-refractivity contribution in [3.8, 4) is 16.9 Å². The van der Waals surface area contributed by atoms with Crippen LogP contribution in [0, 0.1) is 0 Å². The predicted octanol–water partition coefficient (Wildman–Crippen LogP) is 7.61. The Balaban J connectivity index is 1.53. The summed E-state index contributed by atoms with van der Waals surface area (Å²) in [5.41, 5.74) is 6.42. The molecule has 7 rings (SSSR count). The van der Waals surface area contributed by atoms with Gasteiger partial charge in [0.25, 0.3) is 0 Å². The molecule has 0 fully saturated rings. The minimum Gasteiger partial charge on any atom is -0.306 e. The van der Waals surface area contributed by atoms with E-state index in [0.29, 0.717) is 0 Å². The Bertz CT molecular complexity index is 1760. The Morgan fingerprint density at radius 3 is 2.41 bits per heavy atom. The largest absolute Gasteiger partial charge is 0.306 e. The molecule has 0 aliphatic heterocycles. The first-order valence-corrected chi connectivity index (χ1v) is 11.4. The zero-order chi connectivity index (χ0) is 21.1. The van der Waals surface area contributed by atoms with Gasteiger partial charge in [0.05, 0.1) is 34.1 Å². The molecule has 0 aliphatic carbocycles. The van der Waals surface area contributed by atoms with Crippen LogP contribution in [0.5, 0.6) is 0 Å². The maximum Gasteiger partial charge on any atom is 0.0977 e. The topological polar surface area (TPSA) is 30.7 Å². The van der Waals surface area contributed by atoms with Crippen LogP contribution in [0.15, 0.2) is 103 Å². The third-order valence-electron chi connectivity index (χ3n) is 6.11. The fraction of sp³-hybridized carbons (Fsp3) is 0. The molecule has 7 aromatic rings. The molecule has 0 radical (unpaired) electrons. The molecule has 0 N–H and O–H groups in total. The Morgan fingerprint density at radius 2 is 1.53 bits per heavy atom. The van der Waals surface area contributed by atoms with Gasteiger partial charge in [0.15, 0.2) is 0 Å². The minimum absolute atomic E-state index is 0.972. The smallest absolute Gasteiger partial charge is 0.0977 e. The summed E-state index contributed by atoms with van der Waals surface area (Å²) < 4.78 is 4.88. The Labute approximate surface area is 188 Å². The molecule has 32 heavy (non-hydrogen) atoms. The van der Waals surface area contributed by atoms with Crippen molar-refractivity contribution in [2.24, 2.45) is 0 Å². The van der Waals surface area contributed by atoms with Crippen LogP contribution in [-0.2, 0) is 0 Å². The highest BCUT2D eigenvalue weighted by atomic mass is 32.1. The molecule has 0 atom stereocenters. The van der Waals surface area contributed by atoms with Crippen LogP contribution >= 0.6 is 11.3 Å². The normalized spacial score (nSPS) is 11.8. The zero-order valence-corrected chi connectivity index (χ0v) is 17.9. The lowest BCUT2D eigenvalue weighted by atomic mass is 10.1. The van der Waals surface area contributed by atoms with E-state index in [4.69, 9.17) is 9.97 Å². The summed E-state index contributed by atoms with van der Waals surface area (Å²) >= 11 is 1.85. The van der Waals surface area contributed by atoms with E-state index >= 15 is 0 Å². The highest BCUT2D eigenvalue weighted by molar-refractivity contribution is 7.26. The third kappa shape index (κ3) is 2.47. The second-order valence-electron chi connectivity index (χ2n) is 7.91. The van der Waals surface area contributed by atoms with Crippen LogP contribution < -0.4 is 0 Å². The molecular weight excluding hydrogens is 410 g/mol. The van der Waals surface area contributed by atoms with Gasteiger partial charge in [0.2, 0.25) is 0 Å². The fourth-order valence-corrected chi connectivity index (χ4v) is 5.92. The van der Waals surface area contributed by atoms with E-state index in [1.54, 1.807) is 0 Å². The monoisotopic (exact) mass is 427 g/mol. The summed E-state index contributed by atoms with van der Waals surface area (Å²) in [6.45, 7) is 0. The number of rotatable bonds is 2. The van der Waals surface area contributed by atoms with E-state index < -0.39 is 0 Å². The molecular formula is C28H17N3S. The second-order valence-corrected chi connectivity index (χ2v) is 8.96. The standard InChI is InChI=1S/C28H17N3S/c1-2-7-18(8-3-1)22-14-12-19(17-30-22)31-23-15-13-21-20-9-4-5-11-25(20)32-28(21)26(23)27-24(31)10-6-16-29-27/h1-17H. The first kappa shape index (κ1) is 17.6.